The van der Waals surface area contributed by atoms with E-state index in [1.165, 1.54) is 57.3 Å². The van der Waals surface area contributed by atoms with Crippen LogP contribution in [0.3, 0.4) is 0 Å². The van der Waals surface area contributed by atoms with E-state index in [4.69, 9.17) is 5.14 Å². The number of nitrogens with one attached hydrogen (secondary N) is 2. The molecule has 0 radical (unpaired) electrons. The Morgan fingerprint density at radius 2 is 1.17 bits per heavy atom. The number of hydrogen-bond donors (Lipinski definition) is 3. The Morgan fingerprint density at radius 3 is 1.61 bits per heavy atom. The summed E-state index contributed by atoms with van der Waals surface area (Å²) in [7, 11) is -2.90. The SMILES string of the molecule is CN1CCCC(CS(=O)(=O)NC(=O)Nc2c3c(cc4c2CCC4)CCC3)C1.CN1CCCC(CS(N)(=O)=O)C1.O=C=Nc1c2c(cc3c1CCC3)CCC2. The minimum absolute atomic E-state index is 0.00969. The Hall–Kier alpha value is -3.13. The van der Waals surface area contributed by atoms with Crippen LogP contribution in [-0.4, -0.2) is 90.5 Å². The molecule has 2 aliphatic heterocycles. The molecule has 2 atom stereocenters. The van der Waals surface area contributed by atoms with Crippen molar-refractivity contribution in [1.29, 1.82) is 0 Å². The molecule has 4 N–H and O–H groups in total. The van der Waals surface area contributed by atoms with Crippen molar-refractivity contribution in [3.63, 3.8) is 0 Å². The van der Waals surface area contributed by atoms with Gasteiger partial charge in [0, 0.05) is 18.8 Å². The summed E-state index contributed by atoms with van der Waals surface area (Å²) < 4.78 is 48.7. The topological polar surface area (TPSA) is 171 Å². The first-order chi connectivity index (χ1) is 25.8. The highest BCUT2D eigenvalue weighted by atomic mass is 32.2. The fourth-order valence-corrected chi connectivity index (χ4v) is 12.0. The molecule has 4 aliphatic carbocycles. The smallest absolute Gasteiger partial charge is 0.307 e. The van der Waals surface area contributed by atoms with Gasteiger partial charge in [0.2, 0.25) is 26.1 Å². The number of benzene rings is 2. The summed E-state index contributed by atoms with van der Waals surface area (Å²) in [4.78, 5) is 31.3. The predicted molar refractivity (Wildman–Crippen MR) is 213 cm³/mol. The summed E-state index contributed by atoms with van der Waals surface area (Å²) in [5.74, 6) is 0.464. The van der Waals surface area contributed by atoms with E-state index in [-0.39, 0.29) is 23.3 Å². The van der Waals surface area contributed by atoms with Gasteiger partial charge in [-0.25, -0.2) is 36.3 Å². The van der Waals surface area contributed by atoms with Crippen molar-refractivity contribution >= 4 is 43.5 Å². The molecule has 2 amide bonds. The van der Waals surface area contributed by atoms with Gasteiger partial charge < -0.3 is 15.1 Å². The van der Waals surface area contributed by atoms with E-state index < -0.39 is 26.1 Å². The van der Waals surface area contributed by atoms with Crippen LogP contribution >= 0.6 is 0 Å². The zero-order valence-electron chi connectivity index (χ0n) is 32.1. The summed E-state index contributed by atoms with van der Waals surface area (Å²) in [5.41, 5.74) is 12.4. The van der Waals surface area contributed by atoms with E-state index in [1.807, 2.05) is 14.1 Å². The maximum Gasteiger partial charge on any atom is 0.332 e. The molecule has 54 heavy (non-hydrogen) atoms. The van der Waals surface area contributed by atoms with Crippen LogP contribution < -0.4 is 15.2 Å². The minimum atomic E-state index is -3.64. The third-order valence-corrected chi connectivity index (χ3v) is 14.3. The zero-order chi connectivity index (χ0) is 38.5. The molecule has 14 heteroatoms. The lowest BCUT2D eigenvalue weighted by Crippen LogP contribution is -2.41. The van der Waals surface area contributed by atoms with Crippen molar-refractivity contribution in [2.75, 3.05) is 57.1 Å². The molecular formula is C40H58N6O6S2. The molecule has 0 saturated carbocycles. The van der Waals surface area contributed by atoms with Crippen LogP contribution in [0.1, 0.15) is 95.9 Å². The molecule has 0 aromatic heterocycles. The molecule has 2 aromatic carbocycles. The lowest BCUT2D eigenvalue weighted by Gasteiger charge is -2.29. The zero-order valence-corrected chi connectivity index (χ0v) is 33.7. The Morgan fingerprint density at radius 1 is 0.722 bits per heavy atom. The van der Waals surface area contributed by atoms with Crippen molar-refractivity contribution < 1.29 is 26.4 Å². The monoisotopic (exact) mass is 782 g/mol. The van der Waals surface area contributed by atoms with Gasteiger partial charge >= 0.3 is 6.03 Å². The largest absolute Gasteiger partial charge is 0.332 e. The van der Waals surface area contributed by atoms with Crippen LogP contribution in [0.5, 0.6) is 0 Å². The van der Waals surface area contributed by atoms with Gasteiger partial charge in [-0.05, 0) is 186 Å². The number of carbonyl (C=O) groups is 1. The van der Waals surface area contributed by atoms with Gasteiger partial charge in [-0.1, -0.05) is 12.1 Å². The molecule has 6 aliphatic rings. The summed E-state index contributed by atoms with van der Waals surface area (Å²) >= 11 is 0. The number of fused-ring (bicyclic) bond motifs is 4. The number of sulfonamides is 2. The van der Waals surface area contributed by atoms with Crippen molar-refractivity contribution in [3.8, 4) is 0 Å². The maximum absolute atomic E-state index is 12.5. The second-order valence-corrected chi connectivity index (χ2v) is 19.8. The van der Waals surface area contributed by atoms with Gasteiger partial charge in [0.05, 0.1) is 17.2 Å². The summed E-state index contributed by atoms with van der Waals surface area (Å²) in [6.07, 6.45) is 18.8. The molecule has 2 unspecified atom stereocenters. The van der Waals surface area contributed by atoms with Crippen LogP contribution in [-0.2, 0) is 76.2 Å². The summed E-state index contributed by atoms with van der Waals surface area (Å²) in [6.45, 7) is 3.70. The van der Waals surface area contributed by atoms with Crippen LogP contribution in [0.4, 0.5) is 16.2 Å². The van der Waals surface area contributed by atoms with Crippen molar-refractivity contribution in [2.45, 2.75) is 103 Å². The first kappa shape index (κ1) is 40.5. The Bertz CT molecular complexity index is 1910. The number of isocyanates is 1. The first-order valence-corrected chi connectivity index (χ1v) is 23.2. The van der Waals surface area contributed by atoms with Gasteiger partial charge in [0.15, 0.2) is 0 Å². The standard InChI is InChI=1S/C20H29N3O3S.C13H13NO.C7H16N2O2S/c1-23-10-4-5-14(12-23)13-27(25,26)22-20(24)21-19-17-8-2-6-15(17)11-16-7-3-9-18(16)19;15-8-14-13-11-5-1-3-9(11)7-10-4-2-6-12(10)13;1-9-4-2-3-7(5-9)6-12(8,10)11/h11,14H,2-10,12-13H2,1H3,(H2,21,22,24);7H,1-6H2;7H,2-6H2,1H3,(H2,8,10,11). The number of hydrogen-bond acceptors (Lipinski definition) is 9. The highest BCUT2D eigenvalue weighted by Crippen LogP contribution is 2.40. The molecule has 2 aromatic rings. The number of aliphatic imine (C=N–C) groups is 1. The second-order valence-electron chi connectivity index (χ2n) is 16.4. The van der Waals surface area contributed by atoms with Gasteiger partial charge in [-0.15, -0.1) is 0 Å². The van der Waals surface area contributed by atoms with E-state index in [1.54, 1.807) is 6.08 Å². The maximum atomic E-state index is 12.5. The molecule has 296 valence electrons. The summed E-state index contributed by atoms with van der Waals surface area (Å²) in [5, 5.41) is 7.87. The average Bonchev–Trinajstić information content (AvgIpc) is 3.92. The van der Waals surface area contributed by atoms with Crippen LogP contribution in [0.25, 0.3) is 0 Å². The Balaban J connectivity index is 0.000000154. The number of carbonyl (C=O) groups excluding carboxylic acids is 2. The number of primary sulfonamides is 1. The molecular weight excluding hydrogens is 725 g/mol. The van der Waals surface area contributed by atoms with E-state index in [9.17, 15) is 26.4 Å². The van der Waals surface area contributed by atoms with Crippen molar-refractivity contribution in [2.24, 2.45) is 22.0 Å². The molecule has 8 rings (SSSR count). The number of rotatable bonds is 7. The van der Waals surface area contributed by atoms with Crippen LogP contribution in [0.15, 0.2) is 17.1 Å². The normalized spacial score (nSPS) is 22.0. The van der Waals surface area contributed by atoms with Crippen LogP contribution in [0.2, 0.25) is 0 Å². The Labute approximate surface area is 321 Å². The second kappa shape index (κ2) is 17.8. The van der Waals surface area contributed by atoms with Crippen LogP contribution in [0, 0.1) is 11.8 Å². The molecule has 2 fully saturated rings. The number of nitrogens with two attached hydrogens (primary N) is 1. The molecule has 12 nitrogen and oxygen atoms in total. The molecule has 0 bridgehead atoms. The number of anilines is 1. The van der Waals surface area contributed by atoms with Crippen molar-refractivity contribution in [3.05, 3.63) is 56.6 Å². The van der Waals surface area contributed by atoms with E-state index >= 15 is 0 Å². The number of urea groups is 1. The molecule has 2 heterocycles. The van der Waals surface area contributed by atoms with E-state index in [0.29, 0.717) is 0 Å². The third kappa shape index (κ3) is 10.6. The lowest BCUT2D eigenvalue weighted by molar-refractivity contribution is 0.222. The third-order valence-electron chi connectivity index (χ3n) is 11.9. The molecule has 0 spiro atoms. The number of piperidine rings is 2. The summed E-state index contributed by atoms with van der Waals surface area (Å²) in [6, 6.07) is 4.02. The fourth-order valence-electron chi connectivity index (χ4n) is 9.71. The number of nitrogens with zero attached hydrogens (tertiary/aromatic N) is 3. The van der Waals surface area contributed by atoms with E-state index in [2.05, 4.69) is 37.0 Å². The van der Waals surface area contributed by atoms with Crippen molar-refractivity contribution in [1.82, 2.24) is 14.5 Å². The first-order valence-electron chi connectivity index (χ1n) is 19.9. The van der Waals surface area contributed by atoms with Gasteiger partial charge in [-0.2, -0.15) is 4.99 Å². The van der Waals surface area contributed by atoms with Gasteiger partial charge in [-0.3, -0.25) is 0 Å². The average molecular weight is 783 g/mol. The fraction of sp³-hybridized carbons (Fsp3) is 0.650. The van der Waals surface area contributed by atoms with Gasteiger partial charge in [0.1, 0.15) is 0 Å². The van der Waals surface area contributed by atoms with Gasteiger partial charge in [0.25, 0.3) is 0 Å². The number of likely N-dealkylation sites (tertiary alicyclic amines) is 2. The molecule has 2 saturated heterocycles. The van der Waals surface area contributed by atoms with E-state index in [0.717, 1.165) is 127 Å². The predicted octanol–water partition coefficient (Wildman–Crippen LogP) is 4.71. The lowest BCUT2D eigenvalue weighted by atomic mass is 9.99. The minimum Gasteiger partial charge on any atom is -0.307 e. The number of aryl methyl sites for hydroxylation is 4. The number of amides is 2. The Kier molecular flexibility index (Phi) is 13.3. The highest BCUT2D eigenvalue weighted by molar-refractivity contribution is 7.90. The highest BCUT2D eigenvalue weighted by Gasteiger charge is 2.29. The quantitative estimate of drug-likeness (QED) is 0.268.